The van der Waals surface area contributed by atoms with Gasteiger partial charge >= 0.3 is 5.97 Å². The van der Waals surface area contributed by atoms with Crippen molar-refractivity contribution in [1.82, 2.24) is 15.2 Å². The Bertz CT molecular complexity index is 1010. The molecule has 170 valence electrons. The van der Waals surface area contributed by atoms with E-state index in [1.807, 2.05) is 18.3 Å². The molecule has 1 heterocycles. The molecular weight excluding hydrogens is 398 g/mol. The number of aromatic amines is 1. The molecule has 32 heavy (non-hydrogen) atoms. The Kier molecular flexibility index (Phi) is 7.28. The average Bonchev–Trinajstić information content (AvgIpc) is 3.21. The highest BCUT2D eigenvalue weighted by Gasteiger charge is 2.31. The van der Waals surface area contributed by atoms with E-state index in [9.17, 15) is 9.90 Å². The Balaban J connectivity index is 1.33. The Hall–Kier alpha value is -2.63. The van der Waals surface area contributed by atoms with E-state index in [1.165, 1.54) is 16.5 Å². The maximum Gasteiger partial charge on any atom is 0.320 e. The van der Waals surface area contributed by atoms with Gasteiger partial charge in [0.1, 0.15) is 6.04 Å². The highest BCUT2D eigenvalue weighted by Crippen LogP contribution is 2.37. The number of hydrogen-bond donors (Lipinski definition) is 3. The van der Waals surface area contributed by atoms with Crippen LogP contribution in [0.4, 0.5) is 0 Å². The van der Waals surface area contributed by atoms with Crippen LogP contribution in [0, 0.1) is 5.92 Å². The molecule has 0 aliphatic heterocycles. The van der Waals surface area contributed by atoms with Gasteiger partial charge in [0.25, 0.3) is 0 Å². The molecule has 0 bridgehead atoms. The standard InChI is InChI=1S/C27H35N3O2/c1-30(2)26(19-8-4-3-5-9-19)20-12-15-22(16-13-20)29-25(27(31)32)17-14-21-18-28-24-11-7-6-10-23(21)24/h3-11,18,20,22,25-26,28-29H,12-17H2,1-2H3,(H,31,32). The molecule has 0 radical (unpaired) electrons. The number of aromatic nitrogens is 1. The summed E-state index contributed by atoms with van der Waals surface area (Å²) in [7, 11) is 4.32. The van der Waals surface area contributed by atoms with Gasteiger partial charge in [-0.3, -0.25) is 4.79 Å². The van der Waals surface area contributed by atoms with E-state index in [0.29, 0.717) is 18.4 Å². The molecule has 1 aliphatic carbocycles. The summed E-state index contributed by atoms with van der Waals surface area (Å²) < 4.78 is 0. The largest absolute Gasteiger partial charge is 0.480 e. The number of aliphatic carboxylic acids is 1. The third kappa shape index (κ3) is 5.22. The summed E-state index contributed by atoms with van der Waals surface area (Å²) in [6, 6.07) is 19.1. The topological polar surface area (TPSA) is 68.4 Å². The van der Waals surface area contributed by atoms with Crippen LogP contribution in [0.15, 0.2) is 60.8 Å². The number of carboxylic acid groups (broad SMARTS) is 1. The highest BCUT2D eigenvalue weighted by molar-refractivity contribution is 5.83. The molecule has 0 amide bonds. The lowest BCUT2D eigenvalue weighted by atomic mass is 9.78. The number of nitrogens with one attached hydrogen (secondary N) is 2. The van der Waals surface area contributed by atoms with Crippen LogP contribution in [0.1, 0.15) is 49.3 Å². The van der Waals surface area contributed by atoms with Crippen LogP contribution < -0.4 is 5.32 Å². The maximum atomic E-state index is 12.0. The molecule has 2 atom stereocenters. The number of H-pyrrole nitrogens is 1. The van der Waals surface area contributed by atoms with Crippen molar-refractivity contribution >= 4 is 16.9 Å². The normalized spacial score (nSPS) is 21.0. The van der Waals surface area contributed by atoms with Gasteiger partial charge in [0.05, 0.1) is 0 Å². The van der Waals surface area contributed by atoms with E-state index in [-0.39, 0.29) is 6.04 Å². The summed E-state index contributed by atoms with van der Waals surface area (Å²) >= 11 is 0. The summed E-state index contributed by atoms with van der Waals surface area (Å²) in [5.74, 6) is -0.151. The molecule has 1 saturated carbocycles. The molecule has 0 saturated heterocycles. The minimum atomic E-state index is -0.748. The lowest BCUT2D eigenvalue weighted by Gasteiger charge is -2.38. The number of fused-ring (bicyclic) bond motifs is 1. The van der Waals surface area contributed by atoms with Gasteiger partial charge in [0, 0.05) is 29.2 Å². The maximum absolute atomic E-state index is 12.0. The molecule has 5 nitrogen and oxygen atoms in total. The van der Waals surface area contributed by atoms with E-state index in [2.05, 4.69) is 71.8 Å². The van der Waals surface area contributed by atoms with Gasteiger partial charge in [-0.05, 0) is 75.7 Å². The van der Waals surface area contributed by atoms with Crippen LogP contribution in [-0.4, -0.2) is 47.1 Å². The second-order valence-corrected chi connectivity index (χ2v) is 9.39. The molecule has 1 aliphatic rings. The summed E-state index contributed by atoms with van der Waals surface area (Å²) in [5.41, 5.74) is 3.67. The van der Waals surface area contributed by atoms with Crippen molar-refractivity contribution in [3.63, 3.8) is 0 Å². The van der Waals surface area contributed by atoms with Gasteiger partial charge in [-0.1, -0.05) is 48.5 Å². The van der Waals surface area contributed by atoms with E-state index in [0.717, 1.165) is 37.6 Å². The highest BCUT2D eigenvalue weighted by atomic mass is 16.4. The van der Waals surface area contributed by atoms with Crippen molar-refractivity contribution in [3.05, 3.63) is 71.9 Å². The van der Waals surface area contributed by atoms with Gasteiger partial charge in [-0.2, -0.15) is 0 Å². The van der Waals surface area contributed by atoms with Crippen LogP contribution in [0.25, 0.3) is 10.9 Å². The molecule has 2 unspecified atom stereocenters. The van der Waals surface area contributed by atoms with Crippen molar-refractivity contribution < 1.29 is 9.90 Å². The van der Waals surface area contributed by atoms with Crippen LogP contribution in [0.2, 0.25) is 0 Å². The summed E-state index contributed by atoms with van der Waals surface area (Å²) in [6.45, 7) is 0. The lowest BCUT2D eigenvalue weighted by Crippen LogP contribution is -2.45. The average molecular weight is 434 g/mol. The molecule has 1 aromatic heterocycles. The van der Waals surface area contributed by atoms with Gasteiger partial charge in [-0.25, -0.2) is 0 Å². The number of carbonyl (C=O) groups is 1. The Labute approximate surface area is 190 Å². The Morgan fingerprint density at radius 2 is 1.75 bits per heavy atom. The number of rotatable bonds is 9. The third-order valence-corrected chi connectivity index (χ3v) is 7.03. The van der Waals surface area contributed by atoms with E-state index < -0.39 is 12.0 Å². The zero-order chi connectivity index (χ0) is 22.5. The first kappa shape index (κ1) is 22.6. The van der Waals surface area contributed by atoms with Crippen molar-refractivity contribution in [2.75, 3.05) is 14.1 Å². The second-order valence-electron chi connectivity index (χ2n) is 9.39. The monoisotopic (exact) mass is 433 g/mol. The second kappa shape index (κ2) is 10.3. The van der Waals surface area contributed by atoms with Crippen LogP contribution in [-0.2, 0) is 11.2 Å². The number of para-hydroxylation sites is 1. The first-order valence-electron chi connectivity index (χ1n) is 11.8. The molecule has 1 fully saturated rings. The van der Waals surface area contributed by atoms with Gasteiger partial charge < -0.3 is 20.3 Å². The van der Waals surface area contributed by atoms with Crippen molar-refractivity contribution in [2.24, 2.45) is 5.92 Å². The van der Waals surface area contributed by atoms with Crippen LogP contribution in [0.5, 0.6) is 0 Å². The summed E-state index contributed by atoms with van der Waals surface area (Å²) in [4.78, 5) is 17.6. The molecular formula is C27H35N3O2. The predicted molar refractivity (Wildman–Crippen MR) is 130 cm³/mol. The molecule has 0 spiro atoms. The Morgan fingerprint density at radius 3 is 2.44 bits per heavy atom. The van der Waals surface area contributed by atoms with Crippen LogP contribution in [0.3, 0.4) is 0 Å². The van der Waals surface area contributed by atoms with Crippen molar-refractivity contribution in [3.8, 4) is 0 Å². The van der Waals surface area contributed by atoms with Gasteiger partial charge in [-0.15, -0.1) is 0 Å². The SMILES string of the molecule is CN(C)C(c1ccccc1)C1CCC(NC(CCc2c[nH]c3ccccc23)C(=O)O)CC1. The fraction of sp³-hybridized carbons (Fsp3) is 0.444. The zero-order valence-electron chi connectivity index (χ0n) is 19.1. The first-order valence-corrected chi connectivity index (χ1v) is 11.8. The van der Waals surface area contributed by atoms with Crippen LogP contribution >= 0.6 is 0 Å². The quantitative estimate of drug-likeness (QED) is 0.444. The van der Waals surface area contributed by atoms with E-state index >= 15 is 0 Å². The fourth-order valence-corrected chi connectivity index (χ4v) is 5.44. The molecule has 3 aromatic rings. The minimum absolute atomic E-state index is 0.272. The number of hydrogen-bond acceptors (Lipinski definition) is 3. The van der Waals surface area contributed by atoms with E-state index in [1.54, 1.807) is 0 Å². The third-order valence-electron chi connectivity index (χ3n) is 7.03. The summed E-state index contributed by atoms with van der Waals surface area (Å²) in [6.07, 6.45) is 7.65. The predicted octanol–water partition coefficient (Wildman–Crippen LogP) is 5.01. The zero-order valence-corrected chi connectivity index (χ0v) is 19.1. The lowest BCUT2D eigenvalue weighted by molar-refractivity contribution is -0.140. The van der Waals surface area contributed by atoms with Crippen molar-refractivity contribution in [1.29, 1.82) is 0 Å². The smallest absolute Gasteiger partial charge is 0.320 e. The van der Waals surface area contributed by atoms with Gasteiger partial charge in [0.15, 0.2) is 0 Å². The Morgan fingerprint density at radius 1 is 1.06 bits per heavy atom. The summed E-state index contributed by atoms with van der Waals surface area (Å²) in [5, 5.41) is 14.5. The first-order chi connectivity index (χ1) is 15.5. The molecule has 2 aromatic carbocycles. The van der Waals surface area contributed by atoms with E-state index in [4.69, 9.17) is 0 Å². The number of carboxylic acids is 1. The number of aryl methyl sites for hydroxylation is 1. The molecule has 3 N–H and O–H groups in total. The minimum Gasteiger partial charge on any atom is -0.480 e. The van der Waals surface area contributed by atoms with Crippen molar-refractivity contribution in [2.45, 2.75) is 56.7 Å². The molecule has 4 rings (SSSR count). The molecule has 5 heteroatoms. The number of nitrogens with zero attached hydrogens (tertiary/aromatic N) is 1. The van der Waals surface area contributed by atoms with Gasteiger partial charge in [0.2, 0.25) is 0 Å². The fourth-order valence-electron chi connectivity index (χ4n) is 5.44. The number of benzene rings is 2.